The molecule has 2 aliphatic heterocycles. The van der Waals surface area contributed by atoms with Crippen molar-refractivity contribution in [3.05, 3.63) is 81.3 Å². The van der Waals surface area contributed by atoms with Gasteiger partial charge in [0.2, 0.25) is 0 Å². The van der Waals surface area contributed by atoms with Gasteiger partial charge >= 0.3 is 6.09 Å². The molecule has 188 valence electrons. The Kier molecular flexibility index (Phi) is 7.08. The van der Waals surface area contributed by atoms with Crippen LogP contribution in [-0.4, -0.2) is 52.7 Å². The van der Waals surface area contributed by atoms with Gasteiger partial charge in [0, 0.05) is 10.5 Å². The summed E-state index contributed by atoms with van der Waals surface area (Å²) >= 11 is 3.45. The van der Waals surface area contributed by atoms with Crippen LogP contribution in [0.5, 0.6) is 0 Å². The van der Waals surface area contributed by atoms with Crippen LogP contribution in [0.2, 0.25) is 0 Å². The molecule has 2 unspecified atom stereocenters. The Morgan fingerprint density at radius 3 is 2.25 bits per heavy atom. The number of nitrogens with zero attached hydrogens (tertiary/aromatic N) is 2. The summed E-state index contributed by atoms with van der Waals surface area (Å²) < 4.78 is 33.4. The van der Waals surface area contributed by atoms with E-state index >= 15 is 0 Å². The van der Waals surface area contributed by atoms with Gasteiger partial charge in [-0.25, -0.2) is 13.6 Å². The lowest BCUT2D eigenvalue weighted by Gasteiger charge is -2.29. The number of dihydropyridines is 1. The zero-order chi connectivity index (χ0) is 26.2. The van der Waals surface area contributed by atoms with E-state index in [0.717, 1.165) is 11.0 Å². The number of aliphatic imine (C=N–C) groups is 1. The highest BCUT2D eigenvalue weighted by Crippen LogP contribution is 2.29. The van der Waals surface area contributed by atoms with Gasteiger partial charge in [0.05, 0.1) is 35.5 Å². The van der Waals surface area contributed by atoms with Gasteiger partial charge in [-0.2, -0.15) is 0 Å². The number of carbonyl (C=O) groups excluding carboxylic acids is 3. The third-order valence-electron chi connectivity index (χ3n) is 5.57. The van der Waals surface area contributed by atoms with Crippen molar-refractivity contribution in [2.24, 2.45) is 4.99 Å². The number of alkyl carbamates (subject to hydrolysis) is 1. The number of nitrogens with one attached hydrogen (secondary N) is 1. The average molecular weight is 560 g/mol. The van der Waals surface area contributed by atoms with Gasteiger partial charge in [-0.3, -0.25) is 19.5 Å². The van der Waals surface area contributed by atoms with Crippen LogP contribution in [0.15, 0.2) is 58.0 Å². The molecule has 4 rings (SSSR count). The van der Waals surface area contributed by atoms with Crippen molar-refractivity contribution in [3.8, 4) is 0 Å². The molecule has 2 aromatic carbocycles. The van der Waals surface area contributed by atoms with Crippen LogP contribution in [0.3, 0.4) is 0 Å². The van der Waals surface area contributed by atoms with Crippen LogP contribution in [0.4, 0.5) is 13.6 Å². The largest absolute Gasteiger partial charge is 0.444 e. The van der Waals surface area contributed by atoms with E-state index in [-0.39, 0.29) is 13.0 Å². The van der Waals surface area contributed by atoms with E-state index in [4.69, 9.17) is 4.74 Å². The molecule has 0 fully saturated rings. The second-order valence-corrected chi connectivity index (χ2v) is 10.4. The summed E-state index contributed by atoms with van der Waals surface area (Å²) in [6.45, 7) is 5.19. The van der Waals surface area contributed by atoms with Gasteiger partial charge in [0.15, 0.2) is 0 Å². The average Bonchev–Trinajstić information content (AvgIpc) is 3.01. The topological polar surface area (TPSA) is 88.1 Å². The van der Waals surface area contributed by atoms with Crippen LogP contribution >= 0.6 is 15.9 Å². The molecule has 1 N–H and O–H groups in total. The van der Waals surface area contributed by atoms with Gasteiger partial charge in [-0.15, -0.1) is 0 Å². The maximum absolute atomic E-state index is 13.8. The van der Waals surface area contributed by atoms with E-state index in [2.05, 4.69) is 26.2 Å². The Bertz CT molecular complexity index is 1250. The summed E-state index contributed by atoms with van der Waals surface area (Å²) in [6, 6.07) is 8.25. The predicted molar refractivity (Wildman–Crippen MR) is 133 cm³/mol. The third kappa shape index (κ3) is 5.53. The first-order valence-electron chi connectivity index (χ1n) is 11.3. The minimum absolute atomic E-state index is 0.0212. The first-order valence-corrected chi connectivity index (χ1v) is 12.1. The smallest absolute Gasteiger partial charge is 0.408 e. The number of rotatable bonds is 5. The summed E-state index contributed by atoms with van der Waals surface area (Å²) in [5, 5.41) is 2.72. The number of carbonyl (C=O) groups is 3. The first-order chi connectivity index (χ1) is 16.9. The lowest BCUT2D eigenvalue weighted by Crippen LogP contribution is -2.47. The number of benzene rings is 2. The minimum atomic E-state index is -0.810. The van der Waals surface area contributed by atoms with Crippen LogP contribution in [0.1, 0.15) is 47.1 Å². The molecule has 2 aliphatic rings. The molecular formula is C26H24BrF2N3O4. The van der Waals surface area contributed by atoms with Gasteiger partial charge in [0.1, 0.15) is 17.2 Å². The summed E-state index contributed by atoms with van der Waals surface area (Å²) in [7, 11) is 0. The van der Waals surface area contributed by atoms with E-state index in [1.54, 1.807) is 51.1 Å². The zero-order valence-electron chi connectivity index (χ0n) is 19.8. The fraction of sp³-hybridized carbons (Fsp3) is 0.308. The lowest BCUT2D eigenvalue weighted by atomic mass is 9.98. The van der Waals surface area contributed by atoms with Crippen molar-refractivity contribution in [3.63, 3.8) is 0 Å². The standard InChI is InChI=1S/C26H24BrF2N3O4/c1-26(2,3)36-25(35)31-21(10-14-8-15(28)11-16(29)9-14)22-20(27)12-17(13-30-22)32-23(33)18-6-4-5-7-19(18)24(32)34/h4-9,11-12,17,21H,10,13H2,1-3H3,(H,31,35). The Labute approximate surface area is 215 Å². The highest BCUT2D eigenvalue weighted by molar-refractivity contribution is 9.12. The molecule has 0 spiro atoms. The maximum Gasteiger partial charge on any atom is 0.408 e. The number of fused-ring (bicyclic) bond motifs is 1. The second-order valence-electron chi connectivity index (χ2n) is 9.51. The zero-order valence-corrected chi connectivity index (χ0v) is 21.4. The SMILES string of the molecule is CC(C)(C)OC(=O)NC(Cc1cc(F)cc(F)c1)C1=NCC(N2C(=O)c3ccccc3C2=O)C=C1Br. The molecule has 0 saturated carbocycles. The van der Waals surface area contributed by atoms with E-state index in [1.807, 2.05) is 0 Å². The quantitative estimate of drug-likeness (QED) is 0.533. The molecule has 0 aromatic heterocycles. The van der Waals surface area contributed by atoms with Crippen LogP contribution in [0, 0.1) is 11.6 Å². The molecular weight excluding hydrogens is 536 g/mol. The molecule has 36 heavy (non-hydrogen) atoms. The molecule has 0 bridgehead atoms. The van der Waals surface area contributed by atoms with Crippen molar-refractivity contribution < 1.29 is 27.9 Å². The van der Waals surface area contributed by atoms with E-state index in [9.17, 15) is 23.2 Å². The summed E-state index contributed by atoms with van der Waals surface area (Å²) in [4.78, 5) is 44.0. The fourth-order valence-electron chi connectivity index (χ4n) is 4.15. The molecule has 10 heteroatoms. The maximum atomic E-state index is 13.8. The number of ether oxygens (including phenoxy) is 1. The first kappa shape index (κ1) is 25.7. The third-order valence-corrected chi connectivity index (χ3v) is 6.24. The number of imide groups is 1. The summed E-state index contributed by atoms with van der Waals surface area (Å²) in [6.07, 6.45) is 0.961. The Morgan fingerprint density at radius 2 is 1.72 bits per heavy atom. The molecule has 2 aromatic rings. The molecule has 3 amide bonds. The van der Waals surface area contributed by atoms with Gasteiger partial charge in [-0.1, -0.05) is 12.1 Å². The highest BCUT2D eigenvalue weighted by atomic mass is 79.9. The van der Waals surface area contributed by atoms with Crippen molar-refractivity contribution in [1.29, 1.82) is 0 Å². The van der Waals surface area contributed by atoms with E-state index < -0.39 is 47.2 Å². The fourth-order valence-corrected chi connectivity index (χ4v) is 4.85. The highest BCUT2D eigenvalue weighted by Gasteiger charge is 2.40. The van der Waals surface area contributed by atoms with E-state index in [1.165, 1.54) is 12.1 Å². The van der Waals surface area contributed by atoms with Crippen molar-refractivity contribution in [2.75, 3.05) is 6.54 Å². The van der Waals surface area contributed by atoms with Crippen LogP contribution in [0.25, 0.3) is 0 Å². The number of hydrogen-bond acceptors (Lipinski definition) is 5. The molecule has 0 aliphatic carbocycles. The Hall–Kier alpha value is -3.40. The molecule has 2 atom stereocenters. The Morgan fingerprint density at radius 1 is 1.14 bits per heavy atom. The number of halogens is 3. The number of hydrogen-bond donors (Lipinski definition) is 1. The number of amides is 3. The van der Waals surface area contributed by atoms with Gasteiger partial charge in [-0.05, 0) is 79.0 Å². The second kappa shape index (κ2) is 9.93. The van der Waals surface area contributed by atoms with Crippen LogP contribution in [-0.2, 0) is 11.2 Å². The summed E-state index contributed by atoms with van der Waals surface area (Å²) in [5.74, 6) is -2.30. The summed E-state index contributed by atoms with van der Waals surface area (Å²) in [5.41, 5.74) is 0.591. The molecule has 7 nitrogen and oxygen atoms in total. The van der Waals surface area contributed by atoms with Gasteiger partial charge in [0.25, 0.3) is 11.8 Å². The molecule has 0 radical (unpaired) electrons. The Balaban J connectivity index is 1.59. The van der Waals surface area contributed by atoms with Crippen LogP contribution < -0.4 is 5.32 Å². The van der Waals surface area contributed by atoms with Crippen molar-refractivity contribution >= 4 is 39.5 Å². The normalized spacial score (nSPS) is 18.4. The molecule has 0 saturated heterocycles. The minimum Gasteiger partial charge on any atom is -0.444 e. The monoisotopic (exact) mass is 559 g/mol. The van der Waals surface area contributed by atoms with Crippen molar-refractivity contribution in [2.45, 2.75) is 44.9 Å². The predicted octanol–water partition coefficient (Wildman–Crippen LogP) is 4.80. The van der Waals surface area contributed by atoms with E-state index in [0.29, 0.717) is 26.9 Å². The van der Waals surface area contributed by atoms with Gasteiger partial charge < -0.3 is 10.1 Å². The lowest BCUT2D eigenvalue weighted by molar-refractivity contribution is 0.0517. The molecule has 2 heterocycles. The van der Waals surface area contributed by atoms with Crippen molar-refractivity contribution in [1.82, 2.24) is 10.2 Å².